The Morgan fingerprint density at radius 3 is 2.74 bits per heavy atom. The molecule has 31 heavy (non-hydrogen) atoms. The first-order valence-electron chi connectivity index (χ1n) is 10.4. The summed E-state index contributed by atoms with van der Waals surface area (Å²) in [4.78, 5) is 12.3. The third-order valence-corrected chi connectivity index (χ3v) is 6.29. The molecular weight excluding hydrogens is 396 g/mol. The minimum Gasteiger partial charge on any atom is -0.506 e. The fraction of sp³-hybridized carbons (Fsp3) is 0.333. The number of benzene rings is 2. The van der Waals surface area contributed by atoms with E-state index < -0.39 is 0 Å². The van der Waals surface area contributed by atoms with Crippen molar-refractivity contribution in [1.82, 2.24) is 5.43 Å². The van der Waals surface area contributed by atoms with E-state index in [0.29, 0.717) is 40.7 Å². The molecule has 2 aliphatic rings. The van der Waals surface area contributed by atoms with Crippen molar-refractivity contribution < 1.29 is 19.0 Å². The van der Waals surface area contributed by atoms with Gasteiger partial charge >= 0.3 is 5.63 Å². The van der Waals surface area contributed by atoms with Gasteiger partial charge in [-0.15, -0.1) is 0 Å². The molecule has 7 heteroatoms. The number of phenolic OH excluding ortho intramolecular Hbond substituents is 1. The average Bonchev–Trinajstić information content (AvgIpc) is 3.43. The van der Waals surface area contributed by atoms with Gasteiger partial charge in [-0.2, -0.15) is 5.10 Å². The number of aromatic hydroxyl groups is 1. The van der Waals surface area contributed by atoms with Gasteiger partial charge < -0.3 is 24.4 Å². The maximum atomic E-state index is 12.3. The molecule has 2 N–H and O–H groups in total. The number of rotatable bonds is 4. The van der Waals surface area contributed by atoms with Crippen LogP contribution < -0.4 is 20.5 Å². The number of methoxy groups -OCH3 is 2. The minimum absolute atomic E-state index is 0.0928. The molecule has 1 aliphatic heterocycles. The van der Waals surface area contributed by atoms with Crippen LogP contribution in [0.5, 0.6) is 17.2 Å². The third-order valence-electron chi connectivity index (χ3n) is 6.29. The summed E-state index contributed by atoms with van der Waals surface area (Å²) >= 11 is 0. The van der Waals surface area contributed by atoms with Gasteiger partial charge in [-0.3, -0.25) is 0 Å². The van der Waals surface area contributed by atoms with Crippen molar-refractivity contribution in [2.24, 2.45) is 5.10 Å². The first kappa shape index (κ1) is 19.5. The molecule has 160 valence electrons. The van der Waals surface area contributed by atoms with Gasteiger partial charge in [-0.05, 0) is 55.5 Å². The summed E-state index contributed by atoms with van der Waals surface area (Å²) < 4.78 is 16.4. The number of hydrogen-bond donors (Lipinski definition) is 2. The molecule has 0 fully saturated rings. The number of phenols is 1. The van der Waals surface area contributed by atoms with Crippen molar-refractivity contribution in [2.45, 2.75) is 38.6 Å². The molecule has 3 aromatic rings. The Kier molecular flexibility index (Phi) is 4.61. The van der Waals surface area contributed by atoms with Crippen LogP contribution in [0.4, 0.5) is 0 Å². The Bertz CT molecular complexity index is 1290. The molecule has 1 aromatic heterocycles. The van der Waals surface area contributed by atoms with Crippen LogP contribution in [0.1, 0.15) is 46.7 Å². The van der Waals surface area contributed by atoms with Gasteiger partial charge in [-0.1, -0.05) is 0 Å². The first-order chi connectivity index (χ1) is 15.0. The van der Waals surface area contributed by atoms with Crippen LogP contribution >= 0.6 is 0 Å². The summed E-state index contributed by atoms with van der Waals surface area (Å²) in [5.41, 5.74) is 8.15. The van der Waals surface area contributed by atoms with E-state index in [2.05, 4.69) is 10.5 Å². The van der Waals surface area contributed by atoms with Crippen LogP contribution in [0.3, 0.4) is 0 Å². The largest absolute Gasteiger partial charge is 0.506 e. The van der Waals surface area contributed by atoms with Crippen molar-refractivity contribution >= 4 is 16.7 Å². The average molecular weight is 420 g/mol. The van der Waals surface area contributed by atoms with E-state index in [4.69, 9.17) is 13.9 Å². The molecule has 0 radical (unpaired) electrons. The van der Waals surface area contributed by atoms with E-state index >= 15 is 0 Å². The highest BCUT2D eigenvalue weighted by molar-refractivity contribution is 6.09. The first-order valence-corrected chi connectivity index (χ1v) is 10.4. The molecule has 2 aromatic carbocycles. The molecule has 1 aliphatic carbocycles. The van der Waals surface area contributed by atoms with Crippen LogP contribution in [-0.2, 0) is 12.8 Å². The molecule has 1 unspecified atom stereocenters. The van der Waals surface area contributed by atoms with Crippen LogP contribution in [-0.4, -0.2) is 25.0 Å². The Morgan fingerprint density at radius 1 is 1.16 bits per heavy atom. The number of aryl methyl sites for hydroxylation is 2. The van der Waals surface area contributed by atoms with Gasteiger partial charge in [0.05, 0.1) is 31.4 Å². The van der Waals surface area contributed by atoms with Gasteiger partial charge in [0.25, 0.3) is 0 Å². The summed E-state index contributed by atoms with van der Waals surface area (Å²) in [5.74, 6) is 1.57. The lowest BCUT2D eigenvalue weighted by molar-refractivity contribution is 0.386. The summed E-state index contributed by atoms with van der Waals surface area (Å²) in [6, 6.07) is 7.43. The quantitative estimate of drug-likeness (QED) is 0.625. The zero-order chi connectivity index (χ0) is 21.7. The predicted octanol–water partition coefficient (Wildman–Crippen LogP) is 3.75. The second kappa shape index (κ2) is 7.34. The number of hydrazone groups is 1. The van der Waals surface area contributed by atoms with Gasteiger partial charge in [0.15, 0.2) is 0 Å². The Balaban J connectivity index is 1.56. The van der Waals surface area contributed by atoms with E-state index in [0.717, 1.165) is 41.0 Å². The fourth-order valence-corrected chi connectivity index (χ4v) is 4.80. The fourth-order valence-electron chi connectivity index (χ4n) is 4.80. The smallest absolute Gasteiger partial charge is 0.339 e. The lowest BCUT2D eigenvalue weighted by Crippen LogP contribution is -2.12. The summed E-state index contributed by atoms with van der Waals surface area (Å²) in [7, 11) is 3.25. The zero-order valence-electron chi connectivity index (χ0n) is 17.7. The number of ether oxygens (including phenoxy) is 2. The standard InChI is InChI=1S/C24H24N2O5/c1-12-9-20-22(14-5-4-6-15(14)24(28)31-20)23(27)21(12)18-11-17(25-26-18)16-8-7-13(29-2)10-19(16)30-3/h7-10,17,25,27H,4-6,11H2,1-3H3. The second-order valence-corrected chi connectivity index (χ2v) is 8.04. The van der Waals surface area contributed by atoms with E-state index in [1.54, 1.807) is 14.2 Å². The molecule has 1 atom stereocenters. The topological polar surface area (TPSA) is 93.3 Å². The maximum absolute atomic E-state index is 12.3. The normalized spacial score (nSPS) is 17.4. The second-order valence-electron chi connectivity index (χ2n) is 8.04. The van der Waals surface area contributed by atoms with Crippen molar-refractivity contribution in [3.05, 3.63) is 62.5 Å². The molecule has 2 heterocycles. The monoisotopic (exact) mass is 420 g/mol. The van der Waals surface area contributed by atoms with Crippen molar-refractivity contribution in [2.75, 3.05) is 14.2 Å². The summed E-state index contributed by atoms with van der Waals surface area (Å²) in [5, 5.41) is 16.4. The highest BCUT2D eigenvalue weighted by Crippen LogP contribution is 2.40. The third kappa shape index (κ3) is 3.03. The molecule has 0 spiro atoms. The molecule has 0 amide bonds. The lowest BCUT2D eigenvalue weighted by atomic mass is 9.92. The van der Waals surface area contributed by atoms with Gasteiger partial charge in [0.2, 0.25) is 0 Å². The molecule has 0 saturated carbocycles. The predicted molar refractivity (Wildman–Crippen MR) is 117 cm³/mol. The maximum Gasteiger partial charge on any atom is 0.339 e. The summed E-state index contributed by atoms with van der Waals surface area (Å²) in [6.07, 6.45) is 2.94. The van der Waals surface area contributed by atoms with Crippen molar-refractivity contribution in [3.63, 3.8) is 0 Å². The van der Waals surface area contributed by atoms with E-state index in [9.17, 15) is 9.90 Å². The minimum atomic E-state index is -0.293. The van der Waals surface area contributed by atoms with Gasteiger partial charge in [-0.25, -0.2) is 4.79 Å². The molecule has 7 nitrogen and oxygen atoms in total. The highest BCUT2D eigenvalue weighted by Gasteiger charge is 2.30. The van der Waals surface area contributed by atoms with E-state index in [-0.39, 0.29) is 17.4 Å². The highest BCUT2D eigenvalue weighted by atomic mass is 16.5. The van der Waals surface area contributed by atoms with E-state index in [1.807, 2.05) is 31.2 Å². The number of nitrogens with one attached hydrogen (secondary N) is 1. The Hall–Kier alpha value is -3.48. The van der Waals surface area contributed by atoms with Crippen LogP contribution in [0.2, 0.25) is 0 Å². The van der Waals surface area contributed by atoms with E-state index in [1.165, 1.54) is 0 Å². The zero-order valence-corrected chi connectivity index (χ0v) is 17.7. The van der Waals surface area contributed by atoms with Crippen LogP contribution in [0.15, 0.2) is 38.6 Å². The number of fused-ring (bicyclic) bond motifs is 3. The lowest BCUT2D eigenvalue weighted by Gasteiger charge is -2.16. The van der Waals surface area contributed by atoms with Gasteiger partial charge in [0.1, 0.15) is 22.8 Å². The van der Waals surface area contributed by atoms with Gasteiger partial charge in [0, 0.05) is 29.2 Å². The summed E-state index contributed by atoms with van der Waals surface area (Å²) in [6.45, 7) is 1.89. The van der Waals surface area contributed by atoms with Crippen LogP contribution in [0.25, 0.3) is 11.0 Å². The van der Waals surface area contributed by atoms with Crippen molar-refractivity contribution in [1.29, 1.82) is 0 Å². The SMILES string of the molecule is COc1ccc(C2CC(c3c(C)cc4oc(=O)c5c(c4c3O)CCC5)=NN2)c(OC)c1. The van der Waals surface area contributed by atoms with Crippen molar-refractivity contribution in [3.8, 4) is 17.2 Å². The molecular formula is C24H24N2O5. The number of nitrogens with zero attached hydrogens (tertiary/aromatic N) is 1. The molecule has 0 saturated heterocycles. The Labute approximate surface area is 179 Å². The molecule has 0 bridgehead atoms. The molecule has 5 rings (SSSR count). The Morgan fingerprint density at radius 2 is 1.97 bits per heavy atom. The number of hydrogen-bond acceptors (Lipinski definition) is 7. The van der Waals surface area contributed by atoms with Crippen LogP contribution in [0, 0.1) is 6.92 Å².